The second kappa shape index (κ2) is 7.08. The van der Waals surface area contributed by atoms with Gasteiger partial charge < -0.3 is 16.0 Å². The van der Waals surface area contributed by atoms with Gasteiger partial charge in [-0.15, -0.1) is 0 Å². The Bertz CT molecular complexity index is 434. The molecule has 98 valence electrons. The van der Waals surface area contributed by atoms with Crippen molar-refractivity contribution in [3.63, 3.8) is 0 Å². The van der Waals surface area contributed by atoms with E-state index in [2.05, 4.69) is 17.1 Å². The Morgan fingerprint density at radius 1 is 1.44 bits per heavy atom. The van der Waals surface area contributed by atoms with Crippen LogP contribution in [0.5, 0.6) is 0 Å². The predicted octanol–water partition coefficient (Wildman–Crippen LogP) is 1.60. The van der Waals surface area contributed by atoms with Crippen LogP contribution in [0.15, 0.2) is 24.3 Å². The van der Waals surface area contributed by atoms with Crippen LogP contribution in [0.25, 0.3) is 0 Å². The van der Waals surface area contributed by atoms with Crippen molar-refractivity contribution in [2.24, 2.45) is 5.73 Å². The maximum atomic E-state index is 11.8. The van der Waals surface area contributed by atoms with Crippen LogP contribution in [0.4, 0.5) is 5.69 Å². The first-order valence-electron chi connectivity index (χ1n) is 5.91. The van der Waals surface area contributed by atoms with E-state index in [-0.39, 0.29) is 10.9 Å². The summed E-state index contributed by atoms with van der Waals surface area (Å²) in [5.41, 5.74) is 6.98. The highest BCUT2D eigenvalue weighted by Gasteiger charge is 2.08. The number of anilines is 1. The third kappa shape index (κ3) is 4.43. The van der Waals surface area contributed by atoms with E-state index in [1.54, 1.807) is 12.1 Å². The first-order chi connectivity index (χ1) is 8.54. The molecule has 0 aliphatic heterocycles. The van der Waals surface area contributed by atoms with Gasteiger partial charge in [0, 0.05) is 18.5 Å². The summed E-state index contributed by atoms with van der Waals surface area (Å²) in [5.74, 6) is -0.0287. The van der Waals surface area contributed by atoms with Gasteiger partial charge in [0.25, 0.3) is 0 Å². The van der Waals surface area contributed by atoms with Crippen LogP contribution < -0.4 is 11.1 Å². The minimum Gasteiger partial charge on any atom is -0.389 e. The molecule has 1 aromatic carbocycles. The molecule has 0 radical (unpaired) electrons. The largest absolute Gasteiger partial charge is 0.389 e. The van der Waals surface area contributed by atoms with E-state index >= 15 is 0 Å². The molecule has 1 rings (SSSR count). The van der Waals surface area contributed by atoms with Crippen LogP contribution in [0.3, 0.4) is 0 Å². The number of carbonyl (C=O) groups excluding carboxylic acids is 1. The molecule has 0 unspecified atom stereocenters. The van der Waals surface area contributed by atoms with Crippen molar-refractivity contribution in [3.05, 3.63) is 29.8 Å². The lowest BCUT2D eigenvalue weighted by molar-refractivity contribution is -0.116. The van der Waals surface area contributed by atoms with Gasteiger partial charge in [0.15, 0.2) is 0 Å². The maximum absolute atomic E-state index is 11.8. The van der Waals surface area contributed by atoms with Gasteiger partial charge in [-0.05, 0) is 25.7 Å². The summed E-state index contributed by atoms with van der Waals surface area (Å²) in [6, 6.07) is 7.29. The van der Waals surface area contributed by atoms with Crippen LogP contribution in [0.1, 0.15) is 18.9 Å². The standard InChI is InChI=1S/C13H19N3OS/c1-3-16(2)9-8-12(17)15-11-7-5-4-6-10(11)13(14)18/h4-7H,3,8-9H2,1-2H3,(H2,14,18)(H,15,17). The number of nitrogens with zero attached hydrogens (tertiary/aromatic N) is 1. The van der Waals surface area contributed by atoms with Crippen molar-refractivity contribution in [2.75, 3.05) is 25.5 Å². The Hall–Kier alpha value is -1.46. The van der Waals surface area contributed by atoms with Crippen molar-refractivity contribution in [2.45, 2.75) is 13.3 Å². The normalized spacial score (nSPS) is 10.4. The molecule has 1 aromatic rings. The average molecular weight is 265 g/mol. The molecule has 5 heteroatoms. The maximum Gasteiger partial charge on any atom is 0.225 e. The predicted molar refractivity (Wildman–Crippen MR) is 78.7 cm³/mol. The third-order valence-electron chi connectivity index (χ3n) is 2.73. The van der Waals surface area contributed by atoms with Gasteiger partial charge in [-0.1, -0.05) is 31.3 Å². The topological polar surface area (TPSA) is 58.4 Å². The minimum atomic E-state index is -0.0287. The number of amides is 1. The molecule has 3 N–H and O–H groups in total. The summed E-state index contributed by atoms with van der Waals surface area (Å²) >= 11 is 4.95. The van der Waals surface area contributed by atoms with Gasteiger partial charge in [0.1, 0.15) is 4.99 Å². The number of thiocarbonyl (C=S) groups is 1. The molecule has 0 aliphatic rings. The molecule has 0 aliphatic carbocycles. The molecular weight excluding hydrogens is 246 g/mol. The molecule has 0 saturated heterocycles. The molecule has 0 atom stereocenters. The second-order valence-electron chi connectivity index (χ2n) is 4.10. The van der Waals surface area contributed by atoms with Crippen LogP contribution in [0.2, 0.25) is 0 Å². The quantitative estimate of drug-likeness (QED) is 0.767. The zero-order valence-corrected chi connectivity index (χ0v) is 11.6. The lowest BCUT2D eigenvalue weighted by Gasteiger charge is -2.14. The minimum absolute atomic E-state index is 0.0287. The van der Waals surface area contributed by atoms with Crippen LogP contribution >= 0.6 is 12.2 Å². The molecule has 0 fully saturated rings. The van der Waals surface area contributed by atoms with E-state index in [4.69, 9.17) is 18.0 Å². The van der Waals surface area contributed by atoms with Crippen molar-refractivity contribution in [1.82, 2.24) is 4.90 Å². The summed E-state index contributed by atoms with van der Waals surface area (Å²) in [6.07, 6.45) is 0.454. The fourth-order valence-electron chi connectivity index (χ4n) is 1.47. The van der Waals surface area contributed by atoms with Gasteiger partial charge in [0.05, 0.1) is 5.69 Å². The SMILES string of the molecule is CCN(C)CCC(=O)Nc1ccccc1C(N)=S. The number of benzene rings is 1. The zero-order valence-electron chi connectivity index (χ0n) is 10.8. The van der Waals surface area contributed by atoms with Crippen molar-refractivity contribution < 1.29 is 4.79 Å². The number of hydrogen-bond donors (Lipinski definition) is 2. The number of nitrogens with two attached hydrogens (primary N) is 1. The van der Waals surface area contributed by atoms with Gasteiger partial charge in [-0.25, -0.2) is 0 Å². The molecule has 0 bridgehead atoms. The monoisotopic (exact) mass is 265 g/mol. The summed E-state index contributed by atoms with van der Waals surface area (Å²) < 4.78 is 0. The lowest BCUT2D eigenvalue weighted by atomic mass is 10.1. The summed E-state index contributed by atoms with van der Waals surface area (Å²) in [6.45, 7) is 3.72. The zero-order chi connectivity index (χ0) is 13.5. The Morgan fingerprint density at radius 2 is 2.11 bits per heavy atom. The average Bonchev–Trinajstić information content (AvgIpc) is 2.36. The molecule has 0 aromatic heterocycles. The summed E-state index contributed by atoms with van der Waals surface area (Å²) in [5, 5.41) is 2.84. The summed E-state index contributed by atoms with van der Waals surface area (Å²) in [4.78, 5) is 14.2. The van der Waals surface area contributed by atoms with E-state index in [0.717, 1.165) is 13.1 Å². The van der Waals surface area contributed by atoms with Gasteiger partial charge >= 0.3 is 0 Å². The number of nitrogens with one attached hydrogen (secondary N) is 1. The fraction of sp³-hybridized carbons (Fsp3) is 0.385. The van der Waals surface area contributed by atoms with Crippen LogP contribution in [0, 0.1) is 0 Å². The van der Waals surface area contributed by atoms with Crippen LogP contribution in [-0.4, -0.2) is 35.9 Å². The molecule has 0 spiro atoms. The van der Waals surface area contributed by atoms with E-state index in [1.165, 1.54) is 0 Å². The molecule has 0 saturated carbocycles. The Morgan fingerprint density at radius 3 is 2.72 bits per heavy atom. The smallest absolute Gasteiger partial charge is 0.225 e. The Balaban J connectivity index is 2.62. The highest BCUT2D eigenvalue weighted by Crippen LogP contribution is 2.14. The molecule has 4 nitrogen and oxygen atoms in total. The molecule has 1 amide bonds. The number of carbonyl (C=O) groups is 1. The van der Waals surface area contributed by atoms with E-state index in [9.17, 15) is 4.79 Å². The first kappa shape index (κ1) is 14.6. The number of rotatable bonds is 6. The van der Waals surface area contributed by atoms with Gasteiger partial charge in [-0.2, -0.15) is 0 Å². The molecule has 0 heterocycles. The van der Waals surface area contributed by atoms with Crippen LogP contribution in [-0.2, 0) is 4.79 Å². The lowest BCUT2D eigenvalue weighted by Crippen LogP contribution is -2.24. The number of hydrogen-bond acceptors (Lipinski definition) is 3. The second-order valence-corrected chi connectivity index (χ2v) is 4.54. The summed E-state index contributed by atoms with van der Waals surface area (Å²) in [7, 11) is 1.98. The van der Waals surface area contributed by atoms with E-state index < -0.39 is 0 Å². The van der Waals surface area contributed by atoms with Crippen molar-refractivity contribution in [3.8, 4) is 0 Å². The molecule has 18 heavy (non-hydrogen) atoms. The Kier molecular flexibility index (Phi) is 5.74. The fourth-order valence-corrected chi connectivity index (χ4v) is 1.65. The van der Waals surface area contributed by atoms with Crippen molar-refractivity contribution >= 4 is 28.8 Å². The first-order valence-corrected chi connectivity index (χ1v) is 6.32. The highest BCUT2D eigenvalue weighted by atomic mass is 32.1. The number of para-hydroxylation sites is 1. The van der Waals surface area contributed by atoms with Crippen molar-refractivity contribution in [1.29, 1.82) is 0 Å². The highest BCUT2D eigenvalue weighted by molar-refractivity contribution is 7.80. The van der Waals surface area contributed by atoms with E-state index in [0.29, 0.717) is 17.7 Å². The van der Waals surface area contributed by atoms with Gasteiger partial charge in [0.2, 0.25) is 5.91 Å². The third-order valence-corrected chi connectivity index (χ3v) is 2.95. The molecular formula is C13H19N3OS. The Labute approximate surface area is 113 Å². The van der Waals surface area contributed by atoms with Gasteiger partial charge in [-0.3, -0.25) is 4.79 Å². The van der Waals surface area contributed by atoms with E-state index in [1.807, 2.05) is 19.2 Å².